The summed E-state index contributed by atoms with van der Waals surface area (Å²) in [5.41, 5.74) is 1.85. The van der Waals surface area contributed by atoms with Crippen LogP contribution < -0.4 is 0 Å². The number of carbonyl (C=O) groups is 1. The molecule has 0 bridgehead atoms. The fourth-order valence-electron chi connectivity index (χ4n) is 3.34. The molecule has 1 unspecified atom stereocenters. The maximum Gasteiger partial charge on any atom is 0.247 e. The molecule has 4 rings (SSSR count). The Hall–Kier alpha value is -3.02. The van der Waals surface area contributed by atoms with Gasteiger partial charge in [-0.15, -0.1) is 10.2 Å². The highest BCUT2D eigenvalue weighted by atomic mass is 16.4. The summed E-state index contributed by atoms with van der Waals surface area (Å²) in [5, 5.41) is 8.38. The van der Waals surface area contributed by atoms with E-state index in [0.717, 1.165) is 36.9 Å². The van der Waals surface area contributed by atoms with E-state index >= 15 is 0 Å². The summed E-state index contributed by atoms with van der Waals surface area (Å²) in [5.74, 6) is 1.07. The summed E-state index contributed by atoms with van der Waals surface area (Å²) in [4.78, 5) is 18.7. The van der Waals surface area contributed by atoms with Gasteiger partial charge in [-0.25, -0.2) is 0 Å². The van der Waals surface area contributed by atoms with Crippen molar-refractivity contribution < 1.29 is 9.21 Å². The van der Waals surface area contributed by atoms with Gasteiger partial charge in [0.1, 0.15) is 6.04 Å². The molecule has 1 saturated heterocycles. The van der Waals surface area contributed by atoms with Gasteiger partial charge in [0.25, 0.3) is 0 Å². The van der Waals surface area contributed by atoms with Crippen LogP contribution in [0, 0.1) is 0 Å². The first-order valence-electron chi connectivity index (χ1n) is 8.88. The predicted octanol–water partition coefficient (Wildman–Crippen LogP) is 3.43. The van der Waals surface area contributed by atoms with Crippen molar-refractivity contribution in [3.63, 3.8) is 0 Å². The van der Waals surface area contributed by atoms with Crippen LogP contribution in [-0.2, 0) is 11.2 Å². The van der Waals surface area contributed by atoms with Crippen LogP contribution in [0.4, 0.5) is 0 Å². The topological polar surface area (TPSA) is 72.1 Å². The van der Waals surface area contributed by atoms with Crippen LogP contribution in [0.3, 0.4) is 0 Å². The molecule has 3 aromatic rings. The molecule has 1 aromatic carbocycles. The van der Waals surface area contributed by atoms with Crippen molar-refractivity contribution in [2.24, 2.45) is 0 Å². The van der Waals surface area contributed by atoms with Crippen LogP contribution in [0.25, 0.3) is 11.5 Å². The normalized spacial score (nSPS) is 17.2. The molecule has 0 aliphatic carbocycles. The Morgan fingerprint density at radius 1 is 1.08 bits per heavy atom. The summed E-state index contributed by atoms with van der Waals surface area (Å²) in [6.45, 7) is 0.725. The Morgan fingerprint density at radius 2 is 1.88 bits per heavy atom. The lowest BCUT2D eigenvalue weighted by atomic mass is 10.0. The number of amides is 1. The molecule has 0 radical (unpaired) electrons. The molecule has 6 nitrogen and oxygen atoms in total. The summed E-state index contributed by atoms with van der Waals surface area (Å²) in [7, 11) is 0. The monoisotopic (exact) mass is 348 g/mol. The van der Waals surface area contributed by atoms with E-state index in [9.17, 15) is 4.79 Å². The second kappa shape index (κ2) is 7.47. The number of nitrogens with zero attached hydrogens (tertiary/aromatic N) is 4. The van der Waals surface area contributed by atoms with Crippen LogP contribution in [0.15, 0.2) is 59.3 Å². The van der Waals surface area contributed by atoms with E-state index in [1.807, 2.05) is 47.4 Å². The van der Waals surface area contributed by atoms with Crippen LogP contribution in [0.2, 0.25) is 0 Å². The number of carbonyl (C=O) groups excluding carboxylic acids is 1. The van der Waals surface area contributed by atoms with Crippen molar-refractivity contribution in [3.05, 3.63) is 66.3 Å². The first kappa shape index (κ1) is 16.4. The van der Waals surface area contributed by atoms with Gasteiger partial charge >= 0.3 is 0 Å². The van der Waals surface area contributed by atoms with Crippen LogP contribution in [0.1, 0.15) is 36.8 Å². The van der Waals surface area contributed by atoms with Crippen molar-refractivity contribution in [2.75, 3.05) is 6.54 Å². The lowest BCUT2D eigenvalue weighted by Crippen LogP contribution is -2.39. The fraction of sp³-hybridized carbons (Fsp3) is 0.300. The molecule has 0 saturated carbocycles. The molecule has 1 amide bonds. The van der Waals surface area contributed by atoms with Gasteiger partial charge in [-0.2, -0.15) is 0 Å². The van der Waals surface area contributed by atoms with Gasteiger partial charge in [-0.3, -0.25) is 9.78 Å². The first-order chi connectivity index (χ1) is 12.8. The molecule has 1 fully saturated rings. The zero-order chi connectivity index (χ0) is 17.8. The highest BCUT2D eigenvalue weighted by Gasteiger charge is 2.32. The number of hydrogen-bond acceptors (Lipinski definition) is 5. The van der Waals surface area contributed by atoms with E-state index in [0.29, 0.717) is 18.2 Å². The molecule has 1 atom stereocenters. The Morgan fingerprint density at radius 3 is 2.69 bits per heavy atom. The third-order valence-electron chi connectivity index (χ3n) is 4.67. The van der Waals surface area contributed by atoms with Gasteiger partial charge in [0.15, 0.2) is 0 Å². The van der Waals surface area contributed by atoms with Crippen LogP contribution in [-0.4, -0.2) is 32.5 Å². The minimum absolute atomic E-state index is 0.101. The number of piperidine rings is 1. The second-order valence-corrected chi connectivity index (χ2v) is 6.44. The Balaban J connectivity index is 1.54. The van der Waals surface area contributed by atoms with Crippen molar-refractivity contribution >= 4 is 5.91 Å². The SMILES string of the molecule is O=C(Cc1ccccc1)N1CCCCC1c1nnc(-c2ccncc2)o1. The smallest absolute Gasteiger partial charge is 0.247 e. The molecule has 26 heavy (non-hydrogen) atoms. The molecule has 1 aliphatic rings. The van der Waals surface area contributed by atoms with E-state index in [1.165, 1.54) is 0 Å². The number of benzene rings is 1. The highest BCUT2D eigenvalue weighted by molar-refractivity contribution is 5.79. The lowest BCUT2D eigenvalue weighted by molar-refractivity contribution is -0.134. The van der Waals surface area contributed by atoms with Gasteiger partial charge in [0.05, 0.1) is 6.42 Å². The van der Waals surface area contributed by atoms with Crippen molar-refractivity contribution in [1.29, 1.82) is 0 Å². The molecule has 132 valence electrons. The lowest BCUT2D eigenvalue weighted by Gasteiger charge is -2.33. The van der Waals surface area contributed by atoms with Crippen molar-refractivity contribution in [1.82, 2.24) is 20.1 Å². The third-order valence-corrected chi connectivity index (χ3v) is 4.67. The minimum atomic E-state index is -0.150. The molecule has 1 aliphatic heterocycles. The predicted molar refractivity (Wildman–Crippen MR) is 96.0 cm³/mol. The second-order valence-electron chi connectivity index (χ2n) is 6.44. The molecule has 0 N–H and O–H groups in total. The van der Waals surface area contributed by atoms with Gasteiger partial charge < -0.3 is 9.32 Å². The van der Waals surface area contributed by atoms with Crippen molar-refractivity contribution in [3.8, 4) is 11.5 Å². The number of aromatic nitrogens is 3. The summed E-state index contributed by atoms with van der Waals surface area (Å²) >= 11 is 0. The molecular formula is C20H20N4O2. The van der Waals surface area contributed by atoms with Gasteiger partial charge in [-0.05, 0) is 37.0 Å². The van der Waals surface area contributed by atoms with E-state index in [2.05, 4.69) is 15.2 Å². The van der Waals surface area contributed by atoms with Crippen LogP contribution in [0.5, 0.6) is 0 Å². The molecule has 0 spiro atoms. The zero-order valence-corrected chi connectivity index (χ0v) is 14.4. The molecule has 6 heteroatoms. The van der Waals surface area contributed by atoms with Gasteiger partial charge in [-0.1, -0.05) is 30.3 Å². The average molecular weight is 348 g/mol. The number of likely N-dealkylation sites (tertiary alicyclic amines) is 1. The molecule has 3 heterocycles. The Kier molecular flexibility index (Phi) is 4.73. The molecular weight excluding hydrogens is 328 g/mol. The Bertz CT molecular complexity index is 864. The zero-order valence-electron chi connectivity index (χ0n) is 14.4. The maximum absolute atomic E-state index is 12.9. The maximum atomic E-state index is 12.9. The van der Waals surface area contributed by atoms with Gasteiger partial charge in [0, 0.05) is 24.5 Å². The highest BCUT2D eigenvalue weighted by Crippen LogP contribution is 2.32. The number of hydrogen-bond donors (Lipinski definition) is 0. The van der Waals surface area contributed by atoms with Gasteiger partial charge in [0.2, 0.25) is 17.7 Å². The third kappa shape index (κ3) is 3.49. The summed E-state index contributed by atoms with van der Waals surface area (Å²) in [6, 6.07) is 13.3. The van der Waals surface area contributed by atoms with Crippen molar-refractivity contribution in [2.45, 2.75) is 31.7 Å². The summed E-state index contributed by atoms with van der Waals surface area (Å²) in [6.07, 6.45) is 6.67. The quantitative estimate of drug-likeness (QED) is 0.722. The molecule has 2 aromatic heterocycles. The minimum Gasteiger partial charge on any atom is -0.418 e. The average Bonchev–Trinajstić information content (AvgIpc) is 3.19. The standard InChI is InChI=1S/C20H20N4O2/c25-18(14-15-6-2-1-3-7-15)24-13-5-4-8-17(24)20-23-22-19(26-20)16-9-11-21-12-10-16/h1-3,6-7,9-12,17H,4-5,8,13-14H2. The van der Waals surface area contributed by atoms with Crippen LogP contribution >= 0.6 is 0 Å². The van der Waals surface area contributed by atoms with E-state index in [4.69, 9.17) is 4.42 Å². The number of pyridine rings is 1. The first-order valence-corrected chi connectivity index (χ1v) is 8.88. The summed E-state index contributed by atoms with van der Waals surface area (Å²) < 4.78 is 5.90. The number of rotatable bonds is 4. The largest absolute Gasteiger partial charge is 0.418 e. The van der Waals surface area contributed by atoms with E-state index in [1.54, 1.807) is 12.4 Å². The Labute approximate surface area is 151 Å². The van der Waals surface area contributed by atoms with E-state index in [-0.39, 0.29) is 11.9 Å². The fourth-order valence-corrected chi connectivity index (χ4v) is 3.34. The van der Waals surface area contributed by atoms with E-state index < -0.39 is 0 Å².